The third-order valence-electron chi connectivity index (χ3n) is 4.92. The fourth-order valence-electron chi connectivity index (χ4n) is 3.46. The first-order valence-corrected chi connectivity index (χ1v) is 11.6. The van der Waals surface area contributed by atoms with E-state index in [9.17, 15) is 13.2 Å². The molecule has 2 aliphatic rings. The third kappa shape index (κ3) is 3.50. The number of fused-ring (bicyclic) bond motifs is 1. The lowest BCUT2D eigenvalue weighted by molar-refractivity contribution is -0.119. The maximum atomic E-state index is 12.7. The van der Waals surface area contributed by atoms with Crippen LogP contribution in [0.2, 0.25) is 0 Å². The van der Waals surface area contributed by atoms with Crippen molar-refractivity contribution in [3.8, 4) is 0 Å². The normalized spacial score (nSPS) is 21.3. The van der Waals surface area contributed by atoms with Crippen LogP contribution in [0.1, 0.15) is 50.0 Å². The number of thiazole rings is 1. The van der Waals surface area contributed by atoms with Gasteiger partial charge in [0.15, 0.2) is 0 Å². The summed E-state index contributed by atoms with van der Waals surface area (Å²) in [5.41, 5.74) is 1.66. The Morgan fingerprint density at radius 3 is 2.88 bits per heavy atom. The highest BCUT2D eigenvalue weighted by atomic mass is 32.2. The Bertz CT molecular complexity index is 934. The summed E-state index contributed by atoms with van der Waals surface area (Å²) in [6, 6.07) is 5.10. The molecule has 1 aromatic heterocycles. The number of carbonyl (C=O) groups excluding carboxylic acids is 1. The van der Waals surface area contributed by atoms with Gasteiger partial charge in [0.25, 0.3) is 0 Å². The zero-order valence-corrected chi connectivity index (χ0v) is 16.4. The quantitative estimate of drug-likeness (QED) is 0.816. The molecule has 140 valence electrons. The summed E-state index contributed by atoms with van der Waals surface area (Å²) in [4.78, 5) is 17.4. The molecule has 0 unspecified atom stereocenters. The van der Waals surface area contributed by atoms with Gasteiger partial charge in [0.1, 0.15) is 6.04 Å². The highest BCUT2D eigenvalue weighted by Crippen LogP contribution is 2.43. The maximum Gasteiger partial charge on any atom is 0.242 e. The first kappa shape index (κ1) is 17.9. The van der Waals surface area contributed by atoms with Crippen LogP contribution in [0, 0.1) is 0 Å². The van der Waals surface area contributed by atoms with E-state index >= 15 is 0 Å². The van der Waals surface area contributed by atoms with Crippen molar-refractivity contribution in [2.45, 2.75) is 51.0 Å². The molecular formula is C18H23N3O3S2. The SMILES string of the molecule is CCCS(=O)(=O)N1CCC[C@H]1C(=O)Nc1ccc2nc(C3CC3)sc2c1. The molecule has 8 heteroatoms. The Balaban J connectivity index is 1.51. The average Bonchev–Trinajstić information content (AvgIpc) is 3.16. The van der Waals surface area contributed by atoms with E-state index in [4.69, 9.17) is 0 Å². The number of nitrogens with zero attached hydrogens (tertiary/aromatic N) is 2. The van der Waals surface area contributed by atoms with Crippen molar-refractivity contribution in [3.05, 3.63) is 23.2 Å². The molecule has 2 heterocycles. The van der Waals surface area contributed by atoms with Gasteiger partial charge in [-0.3, -0.25) is 4.79 Å². The van der Waals surface area contributed by atoms with Gasteiger partial charge in [0, 0.05) is 18.2 Å². The van der Waals surface area contributed by atoms with Crippen LogP contribution < -0.4 is 5.32 Å². The average molecular weight is 394 g/mol. The number of nitrogens with one attached hydrogen (secondary N) is 1. The van der Waals surface area contributed by atoms with Gasteiger partial charge in [-0.1, -0.05) is 6.92 Å². The molecule has 2 fully saturated rings. The highest BCUT2D eigenvalue weighted by Gasteiger charge is 2.38. The van der Waals surface area contributed by atoms with Crippen LogP contribution in [-0.4, -0.2) is 42.0 Å². The fourth-order valence-corrected chi connectivity index (χ4v) is 6.38. The van der Waals surface area contributed by atoms with Crippen molar-refractivity contribution in [2.75, 3.05) is 17.6 Å². The number of hydrogen-bond donors (Lipinski definition) is 1. The lowest BCUT2D eigenvalue weighted by Crippen LogP contribution is -2.44. The Labute approximate surface area is 157 Å². The Kier molecular flexibility index (Phi) is 4.75. The van der Waals surface area contributed by atoms with Crippen LogP contribution in [0.15, 0.2) is 18.2 Å². The predicted molar refractivity (Wildman–Crippen MR) is 104 cm³/mol. The van der Waals surface area contributed by atoms with Crippen molar-refractivity contribution in [1.82, 2.24) is 9.29 Å². The second-order valence-electron chi connectivity index (χ2n) is 7.08. The van der Waals surface area contributed by atoms with Gasteiger partial charge in [0.2, 0.25) is 15.9 Å². The lowest BCUT2D eigenvalue weighted by Gasteiger charge is -2.23. The Morgan fingerprint density at radius 2 is 2.15 bits per heavy atom. The van der Waals surface area contributed by atoms with E-state index in [1.807, 2.05) is 25.1 Å². The number of amides is 1. The van der Waals surface area contributed by atoms with Crippen molar-refractivity contribution >= 4 is 43.2 Å². The van der Waals surface area contributed by atoms with Gasteiger partial charge >= 0.3 is 0 Å². The molecule has 1 aromatic carbocycles. The number of aromatic nitrogens is 1. The van der Waals surface area contributed by atoms with E-state index in [-0.39, 0.29) is 11.7 Å². The van der Waals surface area contributed by atoms with Crippen LogP contribution >= 0.6 is 11.3 Å². The molecule has 0 spiro atoms. The van der Waals surface area contributed by atoms with Crippen LogP contribution in [-0.2, 0) is 14.8 Å². The number of sulfonamides is 1. The van der Waals surface area contributed by atoms with Crippen molar-refractivity contribution < 1.29 is 13.2 Å². The minimum atomic E-state index is -3.37. The summed E-state index contributed by atoms with van der Waals surface area (Å²) in [6.07, 6.45) is 4.28. The largest absolute Gasteiger partial charge is 0.325 e. The fraction of sp³-hybridized carbons (Fsp3) is 0.556. The molecule has 1 amide bonds. The molecule has 1 aliphatic heterocycles. The van der Waals surface area contributed by atoms with Gasteiger partial charge in [-0.25, -0.2) is 13.4 Å². The molecule has 2 aromatic rings. The number of benzene rings is 1. The molecular weight excluding hydrogens is 370 g/mol. The topological polar surface area (TPSA) is 79.4 Å². The standard InChI is InChI=1S/C18H23N3O3S2/c1-2-10-26(23,24)21-9-3-4-15(21)17(22)19-13-7-8-14-16(11-13)25-18(20-14)12-5-6-12/h7-8,11-12,15H,2-6,9-10H2,1H3,(H,19,22)/t15-/m0/s1. The summed E-state index contributed by atoms with van der Waals surface area (Å²) in [7, 11) is -3.37. The van der Waals surface area contributed by atoms with Gasteiger partial charge in [-0.05, 0) is 50.3 Å². The van der Waals surface area contributed by atoms with Gasteiger partial charge in [-0.2, -0.15) is 4.31 Å². The van der Waals surface area contributed by atoms with Crippen LogP contribution in [0.3, 0.4) is 0 Å². The molecule has 4 rings (SSSR count). The number of rotatable bonds is 6. The molecule has 1 atom stereocenters. The van der Waals surface area contributed by atoms with Crippen LogP contribution in [0.25, 0.3) is 10.2 Å². The summed E-state index contributed by atoms with van der Waals surface area (Å²) in [5, 5.41) is 4.09. The molecule has 0 bridgehead atoms. The minimum Gasteiger partial charge on any atom is -0.325 e. The third-order valence-corrected chi connectivity index (χ3v) is 8.18. The van der Waals surface area contributed by atoms with Crippen molar-refractivity contribution in [2.24, 2.45) is 0 Å². The highest BCUT2D eigenvalue weighted by molar-refractivity contribution is 7.89. The van der Waals surface area contributed by atoms with E-state index < -0.39 is 16.1 Å². The maximum absolute atomic E-state index is 12.7. The van der Waals surface area contributed by atoms with Crippen LogP contribution in [0.4, 0.5) is 5.69 Å². The first-order chi connectivity index (χ1) is 12.5. The smallest absolute Gasteiger partial charge is 0.242 e. The number of carbonyl (C=O) groups is 1. The summed E-state index contributed by atoms with van der Waals surface area (Å²) >= 11 is 1.68. The Morgan fingerprint density at radius 1 is 1.35 bits per heavy atom. The zero-order chi connectivity index (χ0) is 18.3. The molecule has 1 saturated carbocycles. The minimum absolute atomic E-state index is 0.0908. The van der Waals surface area contributed by atoms with Gasteiger partial charge < -0.3 is 5.32 Å². The zero-order valence-electron chi connectivity index (χ0n) is 14.8. The van der Waals surface area contributed by atoms with Crippen molar-refractivity contribution in [3.63, 3.8) is 0 Å². The number of anilines is 1. The second-order valence-corrected chi connectivity index (χ2v) is 10.2. The van der Waals surface area contributed by atoms with E-state index in [0.29, 0.717) is 31.0 Å². The van der Waals surface area contributed by atoms with Gasteiger partial charge in [-0.15, -0.1) is 11.3 Å². The summed E-state index contributed by atoms with van der Waals surface area (Å²) in [5.74, 6) is 0.461. The van der Waals surface area contributed by atoms with Crippen molar-refractivity contribution in [1.29, 1.82) is 0 Å². The first-order valence-electron chi connectivity index (χ1n) is 9.19. The monoisotopic (exact) mass is 393 g/mol. The van der Waals surface area contributed by atoms with E-state index in [2.05, 4.69) is 10.3 Å². The molecule has 1 saturated heterocycles. The van der Waals surface area contributed by atoms with E-state index in [1.165, 1.54) is 22.2 Å². The predicted octanol–water partition coefficient (Wildman–Crippen LogP) is 3.32. The molecule has 1 N–H and O–H groups in total. The van der Waals surface area contributed by atoms with Gasteiger partial charge in [0.05, 0.1) is 21.0 Å². The molecule has 6 nitrogen and oxygen atoms in total. The summed E-state index contributed by atoms with van der Waals surface area (Å²) < 4.78 is 27.2. The van der Waals surface area contributed by atoms with E-state index in [1.54, 1.807) is 11.3 Å². The van der Waals surface area contributed by atoms with Crippen LogP contribution in [0.5, 0.6) is 0 Å². The molecule has 26 heavy (non-hydrogen) atoms. The number of hydrogen-bond acceptors (Lipinski definition) is 5. The summed E-state index contributed by atoms with van der Waals surface area (Å²) in [6.45, 7) is 2.27. The Hall–Kier alpha value is -1.51. The van der Waals surface area contributed by atoms with E-state index in [0.717, 1.165) is 16.6 Å². The lowest BCUT2D eigenvalue weighted by atomic mass is 10.2. The molecule has 0 radical (unpaired) electrons. The molecule has 1 aliphatic carbocycles. The second kappa shape index (κ2) is 6.90.